The molecular formula is C19H21N3S. The van der Waals surface area contributed by atoms with Gasteiger partial charge in [-0.1, -0.05) is 12.1 Å². The summed E-state index contributed by atoms with van der Waals surface area (Å²) >= 11 is 1.88. The Bertz CT molecular complexity index is 727. The Hall–Kier alpha value is -1.78. The Morgan fingerprint density at radius 2 is 1.83 bits per heavy atom. The smallest absolute Gasteiger partial charge is 0.0970 e. The zero-order valence-corrected chi connectivity index (χ0v) is 14.0. The Kier molecular flexibility index (Phi) is 4.35. The van der Waals surface area contributed by atoms with Gasteiger partial charge in [-0.25, -0.2) is 4.98 Å². The van der Waals surface area contributed by atoms with Crippen LogP contribution in [0.4, 0.5) is 0 Å². The van der Waals surface area contributed by atoms with Gasteiger partial charge in [0.25, 0.3) is 0 Å². The molecule has 4 heteroatoms. The molecular weight excluding hydrogens is 302 g/mol. The number of para-hydroxylation sites is 1. The summed E-state index contributed by atoms with van der Waals surface area (Å²) in [5.41, 5.74) is 2.54. The van der Waals surface area contributed by atoms with E-state index in [0.29, 0.717) is 5.92 Å². The molecule has 0 aliphatic carbocycles. The fraction of sp³-hybridized carbons (Fsp3) is 0.368. The predicted octanol–water partition coefficient (Wildman–Crippen LogP) is 4.11. The van der Waals surface area contributed by atoms with E-state index in [2.05, 4.69) is 46.3 Å². The van der Waals surface area contributed by atoms with E-state index in [4.69, 9.17) is 4.98 Å². The summed E-state index contributed by atoms with van der Waals surface area (Å²) in [6.45, 7) is 3.52. The monoisotopic (exact) mass is 323 g/mol. The molecule has 3 heterocycles. The van der Waals surface area contributed by atoms with Gasteiger partial charge in [-0.05, 0) is 62.2 Å². The highest BCUT2D eigenvalue weighted by molar-refractivity contribution is 7.18. The van der Waals surface area contributed by atoms with Crippen LogP contribution in [0, 0.1) is 0 Å². The number of pyridine rings is 1. The van der Waals surface area contributed by atoms with Crippen LogP contribution in [0.3, 0.4) is 0 Å². The molecule has 1 fully saturated rings. The van der Waals surface area contributed by atoms with Crippen LogP contribution >= 0.6 is 11.3 Å². The number of fused-ring (bicyclic) bond motifs is 1. The maximum atomic E-state index is 4.85. The third-order valence-electron chi connectivity index (χ3n) is 4.71. The fourth-order valence-corrected chi connectivity index (χ4v) is 4.44. The normalized spacial score (nSPS) is 16.9. The third-order valence-corrected chi connectivity index (χ3v) is 5.91. The quantitative estimate of drug-likeness (QED) is 0.723. The highest BCUT2D eigenvalue weighted by Crippen LogP contribution is 2.33. The second-order valence-corrected chi connectivity index (χ2v) is 7.30. The zero-order chi connectivity index (χ0) is 15.5. The number of hydrogen-bond acceptors (Lipinski definition) is 4. The van der Waals surface area contributed by atoms with E-state index < -0.39 is 0 Å². The summed E-state index contributed by atoms with van der Waals surface area (Å²) in [7, 11) is 0. The molecule has 1 aliphatic rings. The van der Waals surface area contributed by atoms with Gasteiger partial charge < -0.3 is 4.90 Å². The van der Waals surface area contributed by atoms with Gasteiger partial charge in [0, 0.05) is 24.9 Å². The van der Waals surface area contributed by atoms with Crippen molar-refractivity contribution in [3.63, 3.8) is 0 Å². The summed E-state index contributed by atoms with van der Waals surface area (Å²) in [4.78, 5) is 11.5. The minimum absolute atomic E-state index is 0.643. The lowest BCUT2D eigenvalue weighted by Gasteiger charge is -2.31. The zero-order valence-electron chi connectivity index (χ0n) is 13.2. The Morgan fingerprint density at radius 3 is 2.61 bits per heavy atom. The van der Waals surface area contributed by atoms with Crippen LogP contribution in [0.15, 0.2) is 48.8 Å². The average Bonchev–Trinajstić information content (AvgIpc) is 3.05. The van der Waals surface area contributed by atoms with Gasteiger partial charge in [-0.2, -0.15) is 0 Å². The van der Waals surface area contributed by atoms with E-state index in [9.17, 15) is 0 Å². The largest absolute Gasteiger partial charge is 0.303 e. The van der Waals surface area contributed by atoms with Gasteiger partial charge >= 0.3 is 0 Å². The van der Waals surface area contributed by atoms with Crippen LogP contribution in [0.2, 0.25) is 0 Å². The third kappa shape index (κ3) is 3.43. The van der Waals surface area contributed by atoms with E-state index in [0.717, 1.165) is 18.5 Å². The lowest BCUT2D eigenvalue weighted by atomic mass is 9.97. The first-order valence-corrected chi connectivity index (χ1v) is 9.17. The standard InChI is InChI=1S/C19H21N3S/c1-2-4-18-17(3-1)21-19(23-18)16-8-13-22(14-9-16)12-7-15-5-10-20-11-6-15/h1-6,10-11,16H,7-9,12-14H2. The van der Waals surface area contributed by atoms with Crippen molar-refractivity contribution < 1.29 is 0 Å². The summed E-state index contributed by atoms with van der Waals surface area (Å²) in [6.07, 6.45) is 7.35. The first-order valence-electron chi connectivity index (χ1n) is 8.35. The molecule has 2 aromatic heterocycles. The SMILES string of the molecule is c1ccc2sc(C3CCN(CCc4ccncc4)CC3)nc2c1. The molecule has 1 aliphatic heterocycles. The minimum Gasteiger partial charge on any atom is -0.303 e. The molecule has 0 radical (unpaired) electrons. The number of likely N-dealkylation sites (tertiary alicyclic amines) is 1. The van der Waals surface area contributed by atoms with Crippen LogP contribution in [0.5, 0.6) is 0 Å². The van der Waals surface area contributed by atoms with E-state index in [1.807, 2.05) is 23.7 Å². The lowest BCUT2D eigenvalue weighted by molar-refractivity contribution is 0.214. The fourth-order valence-electron chi connectivity index (χ4n) is 3.30. The van der Waals surface area contributed by atoms with E-state index in [1.54, 1.807) is 0 Å². The summed E-state index contributed by atoms with van der Waals surface area (Å²) in [5.74, 6) is 0.643. The topological polar surface area (TPSA) is 29.0 Å². The predicted molar refractivity (Wildman–Crippen MR) is 96.0 cm³/mol. The van der Waals surface area contributed by atoms with Crippen molar-refractivity contribution >= 4 is 21.6 Å². The number of aromatic nitrogens is 2. The molecule has 3 nitrogen and oxygen atoms in total. The van der Waals surface area contributed by atoms with Crippen molar-refractivity contribution in [3.05, 3.63) is 59.4 Å². The number of benzene rings is 1. The molecule has 0 bridgehead atoms. The second kappa shape index (κ2) is 6.77. The van der Waals surface area contributed by atoms with E-state index >= 15 is 0 Å². The van der Waals surface area contributed by atoms with Gasteiger partial charge in [0.1, 0.15) is 0 Å². The highest BCUT2D eigenvalue weighted by Gasteiger charge is 2.23. The second-order valence-electron chi connectivity index (χ2n) is 6.24. The molecule has 0 atom stereocenters. The Balaban J connectivity index is 1.33. The van der Waals surface area contributed by atoms with E-state index in [-0.39, 0.29) is 0 Å². The van der Waals surface area contributed by atoms with Crippen LogP contribution in [-0.2, 0) is 6.42 Å². The molecule has 0 unspecified atom stereocenters. The summed E-state index contributed by atoms with van der Waals surface area (Å²) in [6, 6.07) is 12.7. The molecule has 118 valence electrons. The van der Waals surface area contributed by atoms with Gasteiger partial charge in [0.05, 0.1) is 15.2 Å². The van der Waals surface area contributed by atoms with Crippen molar-refractivity contribution in [1.29, 1.82) is 0 Å². The van der Waals surface area contributed by atoms with Crippen molar-refractivity contribution in [3.8, 4) is 0 Å². The highest BCUT2D eigenvalue weighted by atomic mass is 32.1. The van der Waals surface area contributed by atoms with Crippen molar-refractivity contribution in [1.82, 2.24) is 14.9 Å². The Morgan fingerprint density at radius 1 is 1.04 bits per heavy atom. The molecule has 4 rings (SSSR count). The van der Waals surface area contributed by atoms with Gasteiger partial charge in [-0.3, -0.25) is 4.98 Å². The molecule has 1 saturated heterocycles. The molecule has 0 spiro atoms. The van der Waals surface area contributed by atoms with Gasteiger partial charge in [0.2, 0.25) is 0 Å². The maximum Gasteiger partial charge on any atom is 0.0970 e. The first kappa shape index (κ1) is 14.8. The number of thiazole rings is 1. The molecule has 23 heavy (non-hydrogen) atoms. The van der Waals surface area contributed by atoms with Crippen LogP contribution in [0.25, 0.3) is 10.2 Å². The lowest BCUT2D eigenvalue weighted by Crippen LogP contribution is -2.34. The Labute approximate surface area is 141 Å². The number of piperidine rings is 1. The van der Waals surface area contributed by atoms with E-state index in [1.165, 1.54) is 41.2 Å². The molecule has 0 N–H and O–H groups in total. The van der Waals surface area contributed by atoms with Crippen molar-refractivity contribution in [2.24, 2.45) is 0 Å². The van der Waals surface area contributed by atoms with Crippen molar-refractivity contribution in [2.75, 3.05) is 19.6 Å². The van der Waals surface area contributed by atoms with Gasteiger partial charge in [0.15, 0.2) is 0 Å². The molecule has 0 saturated carbocycles. The summed E-state index contributed by atoms with van der Waals surface area (Å²) < 4.78 is 1.32. The molecule has 3 aromatic rings. The average molecular weight is 323 g/mol. The number of rotatable bonds is 4. The van der Waals surface area contributed by atoms with Crippen LogP contribution < -0.4 is 0 Å². The molecule has 1 aromatic carbocycles. The number of hydrogen-bond donors (Lipinski definition) is 0. The van der Waals surface area contributed by atoms with Crippen LogP contribution in [-0.4, -0.2) is 34.5 Å². The summed E-state index contributed by atoms with van der Waals surface area (Å²) in [5, 5.41) is 1.33. The van der Waals surface area contributed by atoms with Crippen molar-refractivity contribution in [2.45, 2.75) is 25.2 Å². The maximum absolute atomic E-state index is 4.85. The first-order chi connectivity index (χ1) is 11.4. The van der Waals surface area contributed by atoms with Gasteiger partial charge in [-0.15, -0.1) is 11.3 Å². The minimum atomic E-state index is 0.643. The van der Waals surface area contributed by atoms with Crippen LogP contribution in [0.1, 0.15) is 29.3 Å². The number of nitrogens with zero attached hydrogens (tertiary/aromatic N) is 3. The molecule has 0 amide bonds.